The van der Waals surface area contributed by atoms with Crippen LogP contribution in [0.25, 0.3) is 0 Å². The minimum Gasteiger partial charge on any atom is -0.493 e. The van der Waals surface area contributed by atoms with Gasteiger partial charge in [-0.2, -0.15) is 10.4 Å². The predicted molar refractivity (Wildman–Crippen MR) is 100.0 cm³/mol. The first-order valence-corrected chi connectivity index (χ1v) is 8.94. The molecule has 1 saturated carbocycles. The topological polar surface area (TPSA) is 90.7 Å². The molecule has 0 aliphatic heterocycles. The molecule has 8 heteroatoms. The summed E-state index contributed by atoms with van der Waals surface area (Å²) in [5.41, 5.74) is 0.358. The number of nitrogens with zero attached hydrogens (tertiary/aromatic N) is 4. The fourth-order valence-corrected chi connectivity index (χ4v) is 3.48. The zero-order valence-electron chi connectivity index (χ0n) is 14.0. The summed E-state index contributed by atoms with van der Waals surface area (Å²) in [7, 11) is 0. The molecule has 1 N–H and O–H groups in total. The second kappa shape index (κ2) is 7.48. The lowest BCUT2D eigenvalue weighted by Gasteiger charge is -2.18. The number of aromatic nitrogens is 1. The van der Waals surface area contributed by atoms with Gasteiger partial charge in [0.1, 0.15) is 11.6 Å². The molecule has 1 aliphatic rings. The van der Waals surface area contributed by atoms with Crippen molar-refractivity contribution in [2.45, 2.75) is 38.6 Å². The van der Waals surface area contributed by atoms with Gasteiger partial charge in [0.05, 0.1) is 15.7 Å². The van der Waals surface area contributed by atoms with Gasteiger partial charge < -0.3 is 5.11 Å². The van der Waals surface area contributed by atoms with Crippen LogP contribution in [-0.4, -0.2) is 9.67 Å². The van der Waals surface area contributed by atoms with Crippen LogP contribution < -0.4 is 5.56 Å². The van der Waals surface area contributed by atoms with Crippen LogP contribution in [0.4, 0.5) is 11.4 Å². The number of hydrogen-bond acceptors (Lipinski definition) is 5. The molecule has 0 amide bonds. The highest BCUT2D eigenvalue weighted by atomic mass is 35.5. The number of rotatable bonds is 3. The minimum absolute atomic E-state index is 0.0392. The van der Waals surface area contributed by atoms with E-state index in [0.717, 1.165) is 25.7 Å². The summed E-state index contributed by atoms with van der Waals surface area (Å²) in [6.45, 7) is 1.57. The van der Waals surface area contributed by atoms with Gasteiger partial charge in [-0.25, -0.2) is 0 Å². The number of pyridine rings is 1. The molecule has 2 aromatic rings. The molecular formula is C18H16Cl2N4O2. The number of hydrogen-bond donors (Lipinski definition) is 1. The monoisotopic (exact) mass is 390 g/mol. The predicted octanol–water partition coefficient (Wildman–Crippen LogP) is 5.57. The minimum atomic E-state index is -0.449. The van der Waals surface area contributed by atoms with Crippen molar-refractivity contribution in [2.24, 2.45) is 10.2 Å². The van der Waals surface area contributed by atoms with Crippen molar-refractivity contribution in [3.05, 3.63) is 49.7 Å². The molecule has 0 bridgehead atoms. The van der Waals surface area contributed by atoms with E-state index in [0.29, 0.717) is 21.3 Å². The third kappa shape index (κ3) is 3.33. The molecule has 0 unspecified atom stereocenters. The van der Waals surface area contributed by atoms with Crippen molar-refractivity contribution in [1.29, 1.82) is 5.26 Å². The van der Waals surface area contributed by atoms with Crippen LogP contribution in [0.15, 0.2) is 33.2 Å². The van der Waals surface area contributed by atoms with Crippen molar-refractivity contribution in [1.82, 2.24) is 4.57 Å². The van der Waals surface area contributed by atoms with Gasteiger partial charge in [-0.3, -0.25) is 9.36 Å². The highest BCUT2D eigenvalue weighted by Gasteiger charge is 2.26. The molecule has 0 radical (unpaired) electrons. The molecule has 26 heavy (non-hydrogen) atoms. The Kier molecular flexibility index (Phi) is 5.30. The van der Waals surface area contributed by atoms with E-state index in [1.165, 1.54) is 10.6 Å². The Hall–Kier alpha value is -2.36. The molecule has 1 heterocycles. The molecule has 1 fully saturated rings. The average Bonchev–Trinajstić information content (AvgIpc) is 3.12. The lowest BCUT2D eigenvalue weighted by atomic mass is 10.1. The third-order valence-electron chi connectivity index (χ3n) is 4.57. The second-order valence-electron chi connectivity index (χ2n) is 6.20. The van der Waals surface area contributed by atoms with Crippen LogP contribution in [0.3, 0.4) is 0 Å². The maximum atomic E-state index is 12.9. The summed E-state index contributed by atoms with van der Waals surface area (Å²) in [6.07, 6.45) is 3.52. The Labute approximate surface area is 160 Å². The van der Waals surface area contributed by atoms with E-state index in [4.69, 9.17) is 23.2 Å². The Morgan fingerprint density at radius 3 is 2.54 bits per heavy atom. The van der Waals surface area contributed by atoms with Crippen LogP contribution in [-0.2, 0) is 0 Å². The molecule has 0 atom stereocenters. The summed E-state index contributed by atoms with van der Waals surface area (Å²) >= 11 is 11.8. The van der Waals surface area contributed by atoms with E-state index in [-0.39, 0.29) is 23.2 Å². The van der Waals surface area contributed by atoms with Crippen molar-refractivity contribution < 1.29 is 5.11 Å². The molecule has 0 saturated heterocycles. The van der Waals surface area contributed by atoms with Gasteiger partial charge in [0.25, 0.3) is 5.56 Å². The molecule has 134 valence electrons. The number of halogens is 2. The van der Waals surface area contributed by atoms with Crippen LogP contribution in [0.1, 0.15) is 42.9 Å². The summed E-state index contributed by atoms with van der Waals surface area (Å²) in [6, 6.07) is 6.56. The van der Waals surface area contributed by atoms with Gasteiger partial charge in [0, 0.05) is 11.6 Å². The molecule has 6 nitrogen and oxygen atoms in total. The quantitative estimate of drug-likeness (QED) is 0.694. The number of benzene rings is 1. The number of nitriles is 1. The van der Waals surface area contributed by atoms with Crippen molar-refractivity contribution in [3.63, 3.8) is 0 Å². The summed E-state index contributed by atoms with van der Waals surface area (Å²) in [5.74, 6) is -0.296. The first-order chi connectivity index (χ1) is 12.4. The summed E-state index contributed by atoms with van der Waals surface area (Å²) in [5, 5.41) is 28.7. The van der Waals surface area contributed by atoms with Crippen molar-refractivity contribution in [3.8, 4) is 11.9 Å². The van der Waals surface area contributed by atoms with Gasteiger partial charge >= 0.3 is 0 Å². The second-order valence-corrected chi connectivity index (χ2v) is 7.01. The smallest absolute Gasteiger partial charge is 0.281 e. The third-order valence-corrected chi connectivity index (χ3v) is 5.31. The van der Waals surface area contributed by atoms with E-state index in [1.54, 1.807) is 19.1 Å². The molecule has 1 aromatic heterocycles. The summed E-state index contributed by atoms with van der Waals surface area (Å²) in [4.78, 5) is 12.9. The van der Waals surface area contributed by atoms with E-state index in [1.807, 2.05) is 6.07 Å². The van der Waals surface area contributed by atoms with Gasteiger partial charge in [0.2, 0.25) is 5.88 Å². The fourth-order valence-electron chi connectivity index (χ4n) is 3.19. The Balaban J connectivity index is 2.12. The van der Waals surface area contributed by atoms with Crippen LogP contribution in [0, 0.1) is 18.3 Å². The zero-order chi connectivity index (χ0) is 18.8. The zero-order valence-corrected chi connectivity index (χ0v) is 15.5. The average molecular weight is 391 g/mol. The van der Waals surface area contributed by atoms with Gasteiger partial charge in [0.15, 0.2) is 5.69 Å². The maximum absolute atomic E-state index is 12.9. The Morgan fingerprint density at radius 1 is 1.23 bits per heavy atom. The fraction of sp³-hybridized carbons (Fsp3) is 0.333. The van der Waals surface area contributed by atoms with E-state index in [2.05, 4.69) is 10.2 Å². The van der Waals surface area contributed by atoms with E-state index >= 15 is 0 Å². The Morgan fingerprint density at radius 2 is 1.92 bits per heavy atom. The van der Waals surface area contributed by atoms with Crippen molar-refractivity contribution in [2.75, 3.05) is 0 Å². The highest BCUT2D eigenvalue weighted by Crippen LogP contribution is 2.35. The van der Waals surface area contributed by atoms with Gasteiger partial charge in [-0.15, -0.1) is 5.11 Å². The van der Waals surface area contributed by atoms with Crippen LogP contribution >= 0.6 is 23.2 Å². The molecule has 1 aromatic carbocycles. The van der Waals surface area contributed by atoms with Gasteiger partial charge in [-0.1, -0.05) is 36.0 Å². The van der Waals surface area contributed by atoms with Crippen LogP contribution in [0.5, 0.6) is 5.88 Å². The first kappa shape index (κ1) is 18.4. The maximum Gasteiger partial charge on any atom is 0.281 e. The normalized spacial score (nSPS) is 14.8. The van der Waals surface area contributed by atoms with Gasteiger partial charge in [-0.05, 0) is 38.0 Å². The lowest BCUT2D eigenvalue weighted by molar-refractivity contribution is 0.368. The standard InChI is InChI=1S/C18H16Cl2N4O2/c1-10-13(9-21)17(25)24(12-4-2-3-5-12)18(26)16(10)23-22-11-6-7-14(19)15(20)8-11/h6-8,12,25H,2-5H2,1H3. The largest absolute Gasteiger partial charge is 0.493 e. The van der Waals surface area contributed by atoms with E-state index < -0.39 is 5.56 Å². The Bertz CT molecular complexity index is 986. The lowest BCUT2D eigenvalue weighted by Crippen LogP contribution is -2.24. The summed E-state index contributed by atoms with van der Waals surface area (Å²) < 4.78 is 1.28. The first-order valence-electron chi connectivity index (χ1n) is 8.19. The molecule has 1 aliphatic carbocycles. The molecular weight excluding hydrogens is 375 g/mol. The number of aromatic hydroxyl groups is 1. The highest BCUT2D eigenvalue weighted by molar-refractivity contribution is 6.42. The van der Waals surface area contributed by atoms with Crippen LogP contribution in [0.2, 0.25) is 10.0 Å². The SMILES string of the molecule is Cc1c(C#N)c(O)n(C2CCCC2)c(=O)c1N=Nc1ccc(Cl)c(Cl)c1. The molecule has 3 rings (SSSR count). The van der Waals surface area contributed by atoms with E-state index in [9.17, 15) is 15.2 Å². The molecule has 0 spiro atoms. The van der Waals surface area contributed by atoms with Crippen molar-refractivity contribution >= 4 is 34.6 Å². The number of azo groups is 1.